The maximum atomic E-state index is 13.2. The van der Waals surface area contributed by atoms with E-state index in [0.29, 0.717) is 11.5 Å². The Bertz CT molecular complexity index is 837. The molecule has 0 radical (unpaired) electrons. The molecule has 1 aliphatic rings. The Labute approximate surface area is 167 Å². The third-order valence-corrected chi connectivity index (χ3v) is 5.13. The first-order valence-electron chi connectivity index (χ1n) is 9.22. The van der Waals surface area contributed by atoms with E-state index in [1.54, 1.807) is 12.1 Å². The summed E-state index contributed by atoms with van der Waals surface area (Å²) >= 11 is 5.67. The lowest BCUT2D eigenvalue weighted by Gasteiger charge is -2.30. The largest absolute Gasteiger partial charge is 0.418 e. The van der Waals surface area contributed by atoms with Crippen LogP contribution in [-0.4, -0.2) is 23.9 Å². The van der Waals surface area contributed by atoms with Crippen molar-refractivity contribution in [1.82, 2.24) is 4.90 Å². The highest BCUT2D eigenvalue weighted by Crippen LogP contribution is 2.36. The zero-order valence-electron chi connectivity index (χ0n) is 15.5. The summed E-state index contributed by atoms with van der Waals surface area (Å²) in [6, 6.07) is 10.3. The molecule has 3 nitrogen and oxygen atoms in total. The number of halogens is 4. The van der Waals surface area contributed by atoms with Crippen molar-refractivity contribution < 1.29 is 18.0 Å². The summed E-state index contributed by atoms with van der Waals surface area (Å²) in [5.41, 5.74) is 0.101. The van der Waals surface area contributed by atoms with E-state index in [1.807, 2.05) is 12.1 Å². The number of carbonyl (C=O) groups is 1. The normalized spacial score (nSPS) is 18.1. The molecule has 1 atom stereocenters. The van der Waals surface area contributed by atoms with Gasteiger partial charge >= 0.3 is 6.18 Å². The molecular weight excluding hydrogens is 389 g/mol. The zero-order chi connectivity index (χ0) is 20.3. The molecule has 0 aromatic heterocycles. The lowest BCUT2D eigenvalue weighted by molar-refractivity contribution is -0.136. The molecule has 0 saturated carbocycles. The summed E-state index contributed by atoms with van der Waals surface area (Å²) in [4.78, 5) is 14.8. The van der Waals surface area contributed by atoms with Crippen molar-refractivity contribution in [3.63, 3.8) is 0 Å². The Hall–Kier alpha value is -2.05. The molecule has 1 fully saturated rings. The Morgan fingerprint density at radius 3 is 2.57 bits per heavy atom. The number of hydrogen-bond acceptors (Lipinski definition) is 2. The van der Waals surface area contributed by atoms with Crippen LogP contribution in [0, 0.1) is 5.92 Å². The minimum atomic E-state index is -4.61. The summed E-state index contributed by atoms with van der Waals surface area (Å²) in [6.07, 6.45) is -2.17. The van der Waals surface area contributed by atoms with Gasteiger partial charge in [0, 0.05) is 23.7 Å². The number of anilines is 1. The van der Waals surface area contributed by atoms with E-state index in [2.05, 4.69) is 17.1 Å². The Kier molecular flexibility index (Phi) is 6.30. The van der Waals surface area contributed by atoms with Gasteiger partial charge in [0.25, 0.3) is 5.91 Å². The predicted octanol–water partition coefficient (Wildman–Crippen LogP) is 5.84. The van der Waals surface area contributed by atoms with E-state index in [9.17, 15) is 18.0 Å². The maximum absolute atomic E-state index is 13.2. The zero-order valence-corrected chi connectivity index (χ0v) is 16.3. The molecule has 1 heterocycles. The number of nitrogens with one attached hydrogen (secondary N) is 1. The van der Waals surface area contributed by atoms with Gasteiger partial charge in [-0.05, 0) is 61.2 Å². The third kappa shape index (κ3) is 5.26. The van der Waals surface area contributed by atoms with Gasteiger partial charge in [0.05, 0.1) is 11.3 Å². The molecule has 1 N–H and O–H groups in total. The number of nitrogens with zero attached hydrogens (tertiary/aromatic N) is 1. The second-order valence-electron chi connectivity index (χ2n) is 7.32. The van der Waals surface area contributed by atoms with E-state index >= 15 is 0 Å². The molecule has 2 aromatic carbocycles. The number of amides is 1. The van der Waals surface area contributed by atoms with Gasteiger partial charge in [-0.15, -0.1) is 0 Å². The number of alkyl halides is 3. The smallest absolute Gasteiger partial charge is 0.321 e. The average Bonchev–Trinajstić information content (AvgIpc) is 2.63. The Morgan fingerprint density at radius 2 is 1.93 bits per heavy atom. The summed E-state index contributed by atoms with van der Waals surface area (Å²) < 4.78 is 39.5. The molecule has 28 heavy (non-hydrogen) atoms. The van der Waals surface area contributed by atoms with Crippen LogP contribution in [0.3, 0.4) is 0 Å². The van der Waals surface area contributed by atoms with Crippen LogP contribution >= 0.6 is 11.6 Å². The van der Waals surface area contributed by atoms with Crippen molar-refractivity contribution in [2.75, 3.05) is 18.4 Å². The van der Waals surface area contributed by atoms with Crippen molar-refractivity contribution in [3.05, 3.63) is 64.2 Å². The monoisotopic (exact) mass is 410 g/mol. The summed E-state index contributed by atoms with van der Waals surface area (Å²) in [5, 5.41) is 2.30. The molecule has 0 spiro atoms. The fourth-order valence-electron chi connectivity index (χ4n) is 3.50. The quantitative estimate of drug-likeness (QED) is 0.686. The van der Waals surface area contributed by atoms with Gasteiger partial charge in [-0.3, -0.25) is 9.69 Å². The maximum Gasteiger partial charge on any atom is 0.418 e. The van der Waals surface area contributed by atoms with Gasteiger partial charge in [-0.25, -0.2) is 0 Å². The second kappa shape index (κ2) is 8.53. The molecule has 3 rings (SSSR count). The summed E-state index contributed by atoms with van der Waals surface area (Å²) in [6.45, 7) is 5.16. The second-order valence-corrected chi connectivity index (χ2v) is 7.76. The van der Waals surface area contributed by atoms with E-state index in [-0.39, 0.29) is 10.7 Å². The van der Waals surface area contributed by atoms with Crippen LogP contribution in [0.5, 0.6) is 0 Å². The lowest BCUT2D eigenvalue weighted by Crippen LogP contribution is -2.33. The van der Waals surface area contributed by atoms with Gasteiger partial charge in [-0.1, -0.05) is 30.7 Å². The number of likely N-dealkylation sites (tertiary alicyclic amines) is 1. The predicted molar refractivity (Wildman–Crippen MR) is 105 cm³/mol. The van der Waals surface area contributed by atoms with E-state index in [0.717, 1.165) is 37.3 Å². The van der Waals surface area contributed by atoms with Crippen molar-refractivity contribution in [3.8, 4) is 0 Å². The molecule has 0 bridgehead atoms. The van der Waals surface area contributed by atoms with Gasteiger partial charge in [0.1, 0.15) is 0 Å². The van der Waals surface area contributed by atoms with Gasteiger partial charge in [0.2, 0.25) is 0 Å². The Balaban J connectivity index is 1.69. The van der Waals surface area contributed by atoms with Crippen LogP contribution in [0.15, 0.2) is 42.5 Å². The van der Waals surface area contributed by atoms with Gasteiger partial charge in [-0.2, -0.15) is 13.2 Å². The molecule has 150 valence electrons. The lowest BCUT2D eigenvalue weighted by atomic mass is 9.99. The molecule has 1 amide bonds. The Morgan fingerprint density at radius 1 is 1.21 bits per heavy atom. The minimum absolute atomic E-state index is 0.0401. The number of piperidine rings is 1. The summed E-state index contributed by atoms with van der Waals surface area (Å²) in [7, 11) is 0. The highest BCUT2D eigenvalue weighted by Gasteiger charge is 2.34. The highest BCUT2D eigenvalue weighted by atomic mass is 35.5. The van der Waals surface area contributed by atoms with E-state index in [4.69, 9.17) is 11.6 Å². The molecule has 0 unspecified atom stereocenters. The third-order valence-electron chi connectivity index (χ3n) is 4.90. The highest BCUT2D eigenvalue weighted by molar-refractivity contribution is 6.30. The van der Waals surface area contributed by atoms with Crippen molar-refractivity contribution >= 4 is 23.2 Å². The molecule has 7 heteroatoms. The van der Waals surface area contributed by atoms with E-state index in [1.165, 1.54) is 18.9 Å². The number of hydrogen-bond donors (Lipinski definition) is 1. The molecule has 1 saturated heterocycles. The van der Waals surface area contributed by atoms with Crippen LogP contribution in [0.2, 0.25) is 5.02 Å². The van der Waals surface area contributed by atoms with Crippen molar-refractivity contribution in [2.45, 2.75) is 32.5 Å². The number of rotatable bonds is 4. The first kappa shape index (κ1) is 20.7. The van der Waals surface area contributed by atoms with E-state index < -0.39 is 17.6 Å². The van der Waals surface area contributed by atoms with Crippen LogP contribution in [0.4, 0.5) is 18.9 Å². The fourth-order valence-corrected chi connectivity index (χ4v) is 3.68. The standard InChI is InChI=1S/C21H22ClF3N2O/c1-14-3-2-10-27(12-14)13-15-4-6-16(7-5-15)20(28)26-19-9-8-17(22)11-18(19)21(23,24)25/h4-9,11,14H,2-3,10,12-13H2,1H3,(H,26,28)/t14-/m0/s1. The number of benzene rings is 2. The number of carbonyl (C=O) groups excluding carboxylic acids is 1. The van der Waals surface area contributed by atoms with Crippen LogP contribution < -0.4 is 5.32 Å². The average molecular weight is 411 g/mol. The minimum Gasteiger partial charge on any atom is -0.321 e. The molecular formula is C21H22ClF3N2O. The topological polar surface area (TPSA) is 32.3 Å². The molecule has 0 aliphatic carbocycles. The van der Waals surface area contributed by atoms with Crippen LogP contribution in [-0.2, 0) is 12.7 Å². The van der Waals surface area contributed by atoms with Crippen LogP contribution in [0.25, 0.3) is 0 Å². The van der Waals surface area contributed by atoms with Crippen molar-refractivity contribution in [2.24, 2.45) is 5.92 Å². The van der Waals surface area contributed by atoms with Gasteiger partial charge in [0.15, 0.2) is 0 Å². The first-order chi connectivity index (χ1) is 13.2. The first-order valence-corrected chi connectivity index (χ1v) is 9.59. The molecule has 2 aromatic rings. The fraction of sp³-hybridized carbons (Fsp3) is 0.381. The van der Waals surface area contributed by atoms with Crippen molar-refractivity contribution in [1.29, 1.82) is 0 Å². The van der Waals surface area contributed by atoms with Gasteiger partial charge < -0.3 is 5.32 Å². The summed E-state index contributed by atoms with van der Waals surface area (Å²) in [5.74, 6) is 0.0898. The SMILES string of the molecule is C[C@H]1CCCN(Cc2ccc(C(=O)Nc3ccc(Cl)cc3C(F)(F)F)cc2)C1. The molecule has 1 aliphatic heterocycles. The van der Waals surface area contributed by atoms with Crippen LogP contribution in [0.1, 0.15) is 41.3 Å².